The Kier molecular flexibility index (Phi) is 2.87. The van der Waals surface area contributed by atoms with Gasteiger partial charge in [0.25, 0.3) is 0 Å². The summed E-state index contributed by atoms with van der Waals surface area (Å²) in [5, 5.41) is 4.12. The van der Waals surface area contributed by atoms with Crippen LogP contribution in [0.5, 0.6) is 0 Å². The average Bonchev–Trinajstić information content (AvgIpc) is 2.33. The molecule has 0 saturated carbocycles. The monoisotopic (exact) mass is 167 g/mol. The fourth-order valence-corrected chi connectivity index (χ4v) is 1.55. The second-order valence-corrected chi connectivity index (χ2v) is 3.49. The Labute approximate surface area is 73.6 Å². The van der Waals surface area contributed by atoms with E-state index in [0.29, 0.717) is 5.92 Å². The highest BCUT2D eigenvalue weighted by Crippen LogP contribution is 2.18. The second kappa shape index (κ2) is 3.72. The van der Waals surface area contributed by atoms with E-state index >= 15 is 0 Å². The summed E-state index contributed by atoms with van der Waals surface area (Å²) in [4.78, 5) is 0. The molecule has 0 amide bonds. The number of hydrogen-bond acceptors (Lipinski definition) is 2. The molecule has 0 spiro atoms. The van der Waals surface area contributed by atoms with Gasteiger partial charge >= 0.3 is 0 Å². The third-order valence-corrected chi connectivity index (χ3v) is 2.09. The first-order valence-electron chi connectivity index (χ1n) is 4.34. The third kappa shape index (κ3) is 2.08. The third-order valence-electron chi connectivity index (χ3n) is 2.09. The Balaban J connectivity index is 2.65. The highest BCUT2D eigenvalue weighted by Gasteiger charge is 2.10. The predicted molar refractivity (Wildman–Crippen MR) is 49.9 cm³/mol. The minimum Gasteiger partial charge on any atom is -0.328 e. The van der Waals surface area contributed by atoms with Gasteiger partial charge in [0.15, 0.2) is 0 Å². The average molecular weight is 167 g/mol. The summed E-state index contributed by atoms with van der Waals surface area (Å²) in [6, 6.07) is 2.31. The van der Waals surface area contributed by atoms with Crippen molar-refractivity contribution in [1.29, 1.82) is 0 Å². The standard InChI is InChI=1S/C9H17N3/c1-7(6-8(2)10)9-4-5-11-12(9)3/h4-5,7-8H,6,10H2,1-3H3. The summed E-state index contributed by atoms with van der Waals surface area (Å²) >= 11 is 0. The number of nitrogens with two attached hydrogens (primary N) is 1. The van der Waals surface area contributed by atoms with Gasteiger partial charge in [-0.25, -0.2) is 0 Å². The number of rotatable bonds is 3. The Bertz CT molecular complexity index is 240. The van der Waals surface area contributed by atoms with E-state index in [9.17, 15) is 0 Å². The van der Waals surface area contributed by atoms with Gasteiger partial charge in [0, 0.05) is 25.0 Å². The van der Waals surface area contributed by atoms with E-state index in [0.717, 1.165) is 6.42 Å². The fourth-order valence-electron chi connectivity index (χ4n) is 1.55. The summed E-state index contributed by atoms with van der Waals surface area (Å²) in [6.07, 6.45) is 2.84. The van der Waals surface area contributed by atoms with E-state index in [4.69, 9.17) is 5.73 Å². The first-order chi connectivity index (χ1) is 5.61. The molecule has 0 aliphatic heterocycles. The molecule has 0 bridgehead atoms. The van der Waals surface area contributed by atoms with Gasteiger partial charge in [-0.2, -0.15) is 5.10 Å². The van der Waals surface area contributed by atoms with Crippen LogP contribution in [0.3, 0.4) is 0 Å². The molecule has 0 saturated heterocycles. The van der Waals surface area contributed by atoms with Crippen LogP contribution in [-0.2, 0) is 7.05 Å². The lowest BCUT2D eigenvalue weighted by Crippen LogP contribution is -2.18. The molecule has 0 aliphatic carbocycles. The van der Waals surface area contributed by atoms with Crippen molar-refractivity contribution >= 4 is 0 Å². The molecule has 2 unspecified atom stereocenters. The molecule has 0 radical (unpaired) electrons. The van der Waals surface area contributed by atoms with Crippen molar-refractivity contribution in [3.05, 3.63) is 18.0 Å². The number of aryl methyl sites for hydroxylation is 1. The highest BCUT2D eigenvalue weighted by atomic mass is 15.3. The van der Waals surface area contributed by atoms with Gasteiger partial charge in [-0.3, -0.25) is 4.68 Å². The molecule has 3 heteroatoms. The van der Waals surface area contributed by atoms with Crippen LogP contribution >= 0.6 is 0 Å². The van der Waals surface area contributed by atoms with Crippen molar-refractivity contribution in [2.75, 3.05) is 0 Å². The summed E-state index contributed by atoms with van der Waals surface area (Å²) in [6.45, 7) is 4.22. The van der Waals surface area contributed by atoms with Gasteiger partial charge < -0.3 is 5.73 Å². The molecule has 1 rings (SSSR count). The van der Waals surface area contributed by atoms with Crippen molar-refractivity contribution in [1.82, 2.24) is 9.78 Å². The zero-order valence-electron chi connectivity index (χ0n) is 7.99. The van der Waals surface area contributed by atoms with E-state index in [2.05, 4.69) is 12.0 Å². The topological polar surface area (TPSA) is 43.8 Å². The van der Waals surface area contributed by atoms with Gasteiger partial charge in [0.1, 0.15) is 0 Å². The fraction of sp³-hybridized carbons (Fsp3) is 0.667. The zero-order chi connectivity index (χ0) is 9.14. The molecule has 0 fully saturated rings. The maximum absolute atomic E-state index is 5.72. The highest BCUT2D eigenvalue weighted by molar-refractivity contribution is 5.06. The van der Waals surface area contributed by atoms with E-state index in [1.165, 1.54) is 5.69 Å². The van der Waals surface area contributed by atoms with Crippen LogP contribution in [0, 0.1) is 0 Å². The lowest BCUT2D eigenvalue weighted by Gasteiger charge is -2.13. The molecule has 1 aromatic heterocycles. The Morgan fingerprint density at radius 3 is 2.67 bits per heavy atom. The Hall–Kier alpha value is -0.830. The molecular weight excluding hydrogens is 150 g/mol. The maximum Gasteiger partial charge on any atom is 0.0492 e. The molecule has 1 aromatic rings. The predicted octanol–water partition coefficient (Wildman–Crippen LogP) is 1.26. The molecular formula is C9H17N3. The maximum atomic E-state index is 5.72. The first kappa shape index (κ1) is 9.26. The second-order valence-electron chi connectivity index (χ2n) is 3.49. The molecule has 12 heavy (non-hydrogen) atoms. The van der Waals surface area contributed by atoms with Crippen LogP contribution in [0.25, 0.3) is 0 Å². The molecule has 68 valence electrons. The van der Waals surface area contributed by atoms with Gasteiger partial charge in [-0.15, -0.1) is 0 Å². The minimum atomic E-state index is 0.259. The van der Waals surface area contributed by atoms with Crippen molar-refractivity contribution in [2.24, 2.45) is 12.8 Å². The summed E-state index contributed by atoms with van der Waals surface area (Å²) < 4.78 is 1.91. The first-order valence-corrected chi connectivity index (χ1v) is 4.34. The molecule has 1 heterocycles. The number of aromatic nitrogens is 2. The Morgan fingerprint density at radius 1 is 1.58 bits per heavy atom. The van der Waals surface area contributed by atoms with Gasteiger partial charge in [-0.05, 0) is 25.3 Å². The number of nitrogens with zero attached hydrogens (tertiary/aromatic N) is 2. The van der Waals surface area contributed by atoms with E-state index in [1.54, 1.807) is 0 Å². The van der Waals surface area contributed by atoms with E-state index in [1.807, 2.05) is 30.9 Å². The van der Waals surface area contributed by atoms with Crippen molar-refractivity contribution in [3.63, 3.8) is 0 Å². The SMILES string of the molecule is CC(N)CC(C)c1ccnn1C. The molecule has 2 atom stereocenters. The van der Waals surface area contributed by atoms with Gasteiger partial charge in [0.2, 0.25) is 0 Å². The summed E-state index contributed by atoms with van der Waals surface area (Å²) in [5.41, 5.74) is 6.98. The van der Waals surface area contributed by atoms with Crippen LogP contribution in [0.1, 0.15) is 31.9 Å². The molecule has 3 nitrogen and oxygen atoms in total. The normalized spacial score (nSPS) is 16.0. The van der Waals surface area contributed by atoms with Crippen LogP contribution in [-0.4, -0.2) is 15.8 Å². The number of hydrogen-bond donors (Lipinski definition) is 1. The van der Waals surface area contributed by atoms with Crippen LogP contribution in [0.15, 0.2) is 12.3 Å². The van der Waals surface area contributed by atoms with E-state index in [-0.39, 0.29) is 6.04 Å². The summed E-state index contributed by atoms with van der Waals surface area (Å²) in [7, 11) is 1.97. The Morgan fingerprint density at radius 2 is 2.25 bits per heavy atom. The summed E-state index contributed by atoms with van der Waals surface area (Å²) in [5.74, 6) is 0.498. The van der Waals surface area contributed by atoms with E-state index < -0.39 is 0 Å². The minimum absolute atomic E-state index is 0.259. The lowest BCUT2D eigenvalue weighted by molar-refractivity contribution is 0.547. The smallest absolute Gasteiger partial charge is 0.0492 e. The largest absolute Gasteiger partial charge is 0.328 e. The van der Waals surface area contributed by atoms with Crippen LogP contribution in [0.2, 0.25) is 0 Å². The molecule has 0 aliphatic rings. The van der Waals surface area contributed by atoms with Gasteiger partial charge in [0.05, 0.1) is 0 Å². The molecule has 2 N–H and O–H groups in total. The zero-order valence-corrected chi connectivity index (χ0v) is 7.99. The molecule has 0 aromatic carbocycles. The van der Waals surface area contributed by atoms with Crippen LogP contribution in [0.4, 0.5) is 0 Å². The lowest BCUT2D eigenvalue weighted by atomic mass is 10.00. The van der Waals surface area contributed by atoms with Crippen LogP contribution < -0.4 is 5.73 Å². The van der Waals surface area contributed by atoms with Crippen molar-refractivity contribution in [2.45, 2.75) is 32.2 Å². The quantitative estimate of drug-likeness (QED) is 0.736. The van der Waals surface area contributed by atoms with Crippen molar-refractivity contribution in [3.8, 4) is 0 Å². The van der Waals surface area contributed by atoms with Crippen molar-refractivity contribution < 1.29 is 0 Å². The van der Waals surface area contributed by atoms with Gasteiger partial charge in [-0.1, -0.05) is 6.92 Å².